The fourth-order valence-corrected chi connectivity index (χ4v) is 1.82. The number of hydrogen-bond donors (Lipinski definition) is 2. The number of aryl methyl sites for hydroxylation is 2. The molecule has 0 aliphatic rings. The van der Waals surface area contributed by atoms with Gasteiger partial charge in [0.2, 0.25) is 5.95 Å². The molecule has 6 heteroatoms. The molecule has 0 aliphatic carbocycles. The standard InChI is InChI=1S/C15H19N5O/c1-10-8-11(2)17-14(16-10)18-12-6-5-7-13(9-12)19-15(21)20(3)4/h5-9H,1-4H3,(H,19,21)(H,16,17,18). The Hall–Kier alpha value is -2.63. The summed E-state index contributed by atoms with van der Waals surface area (Å²) in [7, 11) is 3.39. The van der Waals surface area contributed by atoms with E-state index in [1.807, 2.05) is 44.2 Å². The van der Waals surface area contributed by atoms with Crippen LogP contribution in [0.1, 0.15) is 11.4 Å². The number of nitrogens with one attached hydrogen (secondary N) is 2. The van der Waals surface area contributed by atoms with Gasteiger partial charge in [-0.15, -0.1) is 0 Å². The third-order valence-corrected chi connectivity index (χ3v) is 2.76. The second-order valence-electron chi connectivity index (χ2n) is 5.00. The number of benzene rings is 1. The molecule has 1 aromatic carbocycles. The molecule has 0 fully saturated rings. The Balaban J connectivity index is 2.15. The van der Waals surface area contributed by atoms with Gasteiger partial charge in [-0.3, -0.25) is 0 Å². The highest BCUT2D eigenvalue weighted by molar-refractivity contribution is 5.89. The van der Waals surface area contributed by atoms with Crippen molar-refractivity contribution in [3.63, 3.8) is 0 Å². The van der Waals surface area contributed by atoms with E-state index in [2.05, 4.69) is 20.6 Å². The maximum atomic E-state index is 11.6. The van der Waals surface area contributed by atoms with E-state index in [4.69, 9.17) is 0 Å². The predicted octanol–water partition coefficient (Wildman–Crippen LogP) is 2.93. The molecule has 2 N–H and O–H groups in total. The van der Waals surface area contributed by atoms with Crippen LogP contribution < -0.4 is 10.6 Å². The summed E-state index contributed by atoms with van der Waals surface area (Å²) in [4.78, 5) is 21.8. The summed E-state index contributed by atoms with van der Waals surface area (Å²) in [6.07, 6.45) is 0. The highest BCUT2D eigenvalue weighted by Gasteiger charge is 2.05. The average molecular weight is 285 g/mol. The molecule has 0 unspecified atom stereocenters. The monoisotopic (exact) mass is 285 g/mol. The number of aromatic nitrogens is 2. The van der Waals surface area contributed by atoms with Crippen LogP contribution in [0.3, 0.4) is 0 Å². The number of anilines is 3. The van der Waals surface area contributed by atoms with Crippen molar-refractivity contribution >= 4 is 23.4 Å². The fourth-order valence-electron chi connectivity index (χ4n) is 1.82. The maximum Gasteiger partial charge on any atom is 0.321 e. The first-order valence-electron chi connectivity index (χ1n) is 6.62. The number of carbonyl (C=O) groups is 1. The molecule has 0 saturated heterocycles. The van der Waals surface area contributed by atoms with E-state index in [1.165, 1.54) is 4.90 Å². The van der Waals surface area contributed by atoms with E-state index >= 15 is 0 Å². The van der Waals surface area contributed by atoms with Crippen LogP contribution in [0.25, 0.3) is 0 Å². The van der Waals surface area contributed by atoms with Gasteiger partial charge in [0.1, 0.15) is 0 Å². The Morgan fingerprint density at radius 2 is 1.67 bits per heavy atom. The van der Waals surface area contributed by atoms with Crippen LogP contribution in [0.2, 0.25) is 0 Å². The zero-order valence-corrected chi connectivity index (χ0v) is 12.6. The number of rotatable bonds is 3. The first-order chi connectivity index (χ1) is 9.94. The first kappa shape index (κ1) is 14.8. The molecule has 1 heterocycles. The molecule has 2 aromatic rings. The summed E-state index contributed by atoms with van der Waals surface area (Å²) in [5, 5.41) is 5.94. The van der Waals surface area contributed by atoms with Gasteiger partial charge >= 0.3 is 6.03 Å². The fraction of sp³-hybridized carbons (Fsp3) is 0.267. The normalized spacial score (nSPS) is 10.1. The van der Waals surface area contributed by atoms with Gasteiger partial charge in [0, 0.05) is 36.9 Å². The molecule has 0 bridgehead atoms. The topological polar surface area (TPSA) is 70.2 Å². The summed E-state index contributed by atoms with van der Waals surface area (Å²) >= 11 is 0. The lowest BCUT2D eigenvalue weighted by Gasteiger charge is -2.13. The molecule has 110 valence electrons. The van der Waals surface area contributed by atoms with E-state index in [0.717, 1.165) is 17.1 Å². The molecule has 0 spiro atoms. The van der Waals surface area contributed by atoms with Gasteiger partial charge in [-0.05, 0) is 38.1 Å². The summed E-state index contributed by atoms with van der Waals surface area (Å²) < 4.78 is 0. The van der Waals surface area contributed by atoms with Gasteiger partial charge in [0.25, 0.3) is 0 Å². The second-order valence-corrected chi connectivity index (χ2v) is 5.00. The SMILES string of the molecule is Cc1cc(C)nc(Nc2cccc(NC(=O)N(C)C)c2)n1. The largest absolute Gasteiger partial charge is 0.331 e. The summed E-state index contributed by atoms with van der Waals surface area (Å²) in [5.41, 5.74) is 3.34. The summed E-state index contributed by atoms with van der Waals surface area (Å²) in [6.45, 7) is 3.85. The van der Waals surface area contributed by atoms with Crippen molar-refractivity contribution in [3.8, 4) is 0 Å². The molecule has 21 heavy (non-hydrogen) atoms. The lowest BCUT2D eigenvalue weighted by molar-refractivity contribution is 0.230. The van der Waals surface area contributed by atoms with Crippen molar-refractivity contribution < 1.29 is 4.79 Å². The van der Waals surface area contributed by atoms with Crippen LogP contribution in [-0.4, -0.2) is 35.0 Å². The minimum Gasteiger partial charge on any atom is -0.331 e. The zero-order chi connectivity index (χ0) is 15.4. The van der Waals surface area contributed by atoms with E-state index in [0.29, 0.717) is 11.6 Å². The molecule has 2 rings (SSSR count). The Bertz CT molecular complexity index is 634. The minimum absolute atomic E-state index is 0.171. The lowest BCUT2D eigenvalue weighted by atomic mass is 10.3. The third-order valence-electron chi connectivity index (χ3n) is 2.76. The van der Waals surface area contributed by atoms with E-state index < -0.39 is 0 Å². The highest BCUT2D eigenvalue weighted by Crippen LogP contribution is 2.18. The van der Waals surface area contributed by atoms with Gasteiger partial charge in [-0.2, -0.15) is 0 Å². The van der Waals surface area contributed by atoms with Gasteiger partial charge in [0.15, 0.2) is 0 Å². The molecule has 2 amide bonds. The van der Waals surface area contributed by atoms with E-state index in [-0.39, 0.29) is 6.03 Å². The molecular formula is C15H19N5O. The van der Waals surface area contributed by atoms with E-state index in [9.17, 15) is 4.79 Å². The highest BCUT2D eigenvalue weighted by atomic mass is 16.2. The van der Waals surface area contributed by atoms with E-state index in [1.54, 1.807) is 14.1 Å². The smallest absolute Gasteiger partial charge is 0.321 e. The van der Waals surface area contributed by atoms with Crippen LogP contribution in [0.4, 0.5) is 22.1 Å². The van der Waals surface area contributed by atoms with Crippen LogP contribution in [0.5, 0.6) is 0 Å². The van der Waals surface area contributed by atoms with Crippen molar-refractivity contribution in [2.75, 3.05) is 24.7 Å². The van der Waals surface area contributed by atoms with Gasteiger partial charge in [-0.25, -0.2) is 14.8 Å². The average Bonchev–Trinajstić information content (AvgIpc) is 2.37. The van der Waals surface area contributed by atoms with Gasteiger partial charge < -0.3 is 15.5 Å². The third kappa shape index (κ3) is 4.17. The predicted molar refractivity (Wildman–Crippen MR) is 83.9 cm³/mol. The van der Waals surface area contributed by atoms with Gasteiger partial charge in [0.05, 0.1) is 0 Å². The van der Waals surface area contributed by atoms with Crippen molar-refractivity contribution in [3.05, 3.63) is 41.7 Å². The van der Waals surface area contributed by atoms with Crippen LogP contribution in [0, 0.1) is 13.8 Å². The van der Waals surface area contributed by atoms with Crippen LogP contribution >= 0.6 is 0 Å². The maximum absolute atomic E-state index is 11.6. The Labute approximate surface area is 124 Å². The lowest BCUT2D eigenvalue weighted by Crippen LogP contribution is -2.27. The number of hydrogen-bond acceptors (Lipinski definition) is 4. The molecule has 1 aromatic heterocycles. The Kier molecular flexibility index (Phi) is 4.37. The Morgan fingerprint density at radius 1 is 1.05 bits per heavy atom. The van der Waals surface area contributed by atoms with Crippen molar-refractivity contribution in [2.24, 2.45) is 0 Å². The molecular weight excluding hydrogens is 266 g/mol. The molecule has 0 saturated carbocycles. The van der Waals surface area contributed by atoms with Crippen LogP contribution in [0.15, 0.2) is 30.3 Å². The summed E-state index contributed by atoms with van der Waals surface area (Å²) in [6, 6.07) is 9.16. The Morgan fingerprint density at radius 3 is 2.29 bits per heavy atom. The van der Waals surface area contributed by atoms with Crippen molar-refractivity contribution in [1.29, 1.82) is 0 Å². The molecule has 0 aliphatic heterocycles. The number of carbonyl (C=O) groups excluding carboxylic acids is 1. The summed E-state index contributed by atoms with van der Waals surface area (Å²) in [5.74, 6) is 0.545. The zero-order valence-electron chi connectivity index (χ0n) is 12.6. The quantitative estimate of drug-likeness (QED) is 0.909. The second kappa shape index (κ2) is 6.21. The van der Waals surface area contributed by atoms with Crippen LogP contribution in [-0.2, 0) is 0 Å². The van der Waals surface area contributed by atoms with Crippen molar-refractivity contribution in [2.45, 2.75) is 13.8 Å². The molecule has 0 atom stereocenters. The number of amides is 2. The first-order valence-corrected chi connectivity index (χ1v) is 6.62. The van der Waals surface area contributed by atoms with Gasteiger partial charge in [-0.1, -0.05) is 6.07 Å². The molecule has 6 nitrogen and oxygen atoms in total. The van der Waals surface area contributed by atoms with Crippen molar-refractivity contribution in [1.82, 2.24) is 14.9 Å². The minimum atomic E-state index is -0.171. The number of urea groups is 1. The molecule has 0 radical (unpaired) electrons. The number of nitrogens with zero attached hydrogens (tertiary/aromatic N) is 3.